The fourth-order valence-corrected chi connectivity index (χ4v) is 3.38. The molecule has 0 saturated carbocycles. The molecule has 0 aliphatic heterocycles. The zero-order valence-corrected chi connectivity index (χ0v) is 19.6. The zero-order chi connectivity index (χ0) is 27.5. The molecule has 37 heavy (non-hydrogen) atoms. The molecule has 0 atom stereocenters. The number of hydrogen-bond acceptors (Lipinski definition) is 8. The first-order valence-electron chi connectivity index (χ1n) is 9.64. The number of phosphoric ester groups is 1. The van der Waals surface area contributed by atoms with Gasteiger partial charge in [0, 0.05) is 10.6 Å². The quantitative estimate of drug-likeness (QED) is 0.290. The first-order chi connectivity index (χ1) is 17.3. The van der Waals surface area contributed by atoms with Gasteiger partial charge in [-0.05, 0) is 24.3 Å². The number of ether oxygens (including phenoxy) is 1. The summed E-state index contributed by atoms with van der Waals surface area (Å²) in [6.45, 7) is -2.01. The molecule has 196 valence electrons. The van der Waals surface area contributed by atoms with Gasteiger partial charge in [-0.2, -0.15) is 10.4 Å². The summed E-state index contributed by atoms with van der Waals surface area (Å²) in [4.78, 5) is 46.7. The Hall–Kier alpha value is -3.61. The second-order valence-corrected chi connectivity index (χ2v) is 8.71. The van der Waals surface area contributed by atoms with Crippen LogP contribution < -0.4 is 15.9 Å². The highest BCUT2D eigenvalue weighted by molar-refractivity contribution is 7.46. The van der Waals surface area contributed by atoms with E-state index in [1.54, 1.807) is 6.07 Å². The maximum absolute atomic E-state index is 13.5. The van der Waals surface area contributed by atoms with Crippen LogP contribution in [0.3, 0.4) is 0 Å². The molecule has 0 amide bonds. The fraction of sp³-hybridized carbons (Fsp3) is 0.211. The van der Waals surface area contributed by atoms with Gasteiger partial charge in [-0.1, -0.05) is 11.6 Å². The van der Waals surface area contributed by atoms with E-state index in [-0.39, 0.29) is 21.0 Å². The number of benzene rings is 1. The minimum Gasteiger partial charge on any atom is -0.449 e. The number of nitriles is 1. The van der Waals surface area contributed by atoms with Gasteiger partial charge in [0.1, 0.15) is 11.4 Å². The van der Waals surface area contributed by atoms with Crippen molar-refractivity contribution in [3.8, 4) is 17.6 Å². The van der Waals surface area contributed by atoms with Crippen LogP contribution in [0, 0.1) is 11.3 Å². The predicted molar refractivity (Wildman–Crippen MR) is 115 cm³/mol. The van der Waals surface area contributed by atoms with E-state index in [1.807, 2.05) is 0 Å². The Bertz CT molecular complexity index is 1540. The number of alkyl halides is 4. The summed E-state index contributed by atoms with van der Waals surface area (Å²) < 4.78 is 74.8. The van der Waals surface area contributed by atoms with Gasteiger partial charge < -0.3 is 14.5 Å². The van der Waals surface area contributed by atoms with Crippen LogP contribution in [-0.4, -0.2) is 29.1 Å². The fourth-order valence-electron chi connectivity index (χ4n) is 2.89. The number of phosphoric acid groups is 1. The van der Waals surface area contributed by atoms with Crippen LogP contribution >= 0.6 is 19.4 Å². The van der Waals surface area contributed by atoms with Crippen LogP contribution in [0.2, 0.25) is 5.02 Å². The zero-order valence-electron chi connectivity index (χ0n) is 18.0. The summed E-state index contributed by atoms with van der Waals surface area (Å²) in [5.41, 5.74) is -5.09. The Morgan fingerprint density at radius 3 is 2.41 bits per heavy atom. The third-order valence-electron chi connectivity index (χ3n) is 4.43. The molecule has 0 fully saturated rings. The van der Waals surface area contributed by atoms with E-state index in [4.69, 9.17) is 31.4 Å². The van der Waals surface area contributed by atoms with Crippen molar-refractivity contribution in [3.63, 3.8) is 0 Å². The summed E-state index contributed by atoms with van der Waals surface area (Å²) in [5.74, 6) is -1.25. The molecule has 0 unspecified atom stereocenters. The predicted octanol–water partition coefficient (Wildman–Crippen LogP) is 3.11. The largest absolute Gasteiger partial charge is 0.471 e. The number of hydrogen-bond donors (Lipinski definition) is 2. The maximum Gasteiger partial charge on any atom is 0.471 e. The van der Waals surface area contributed by atoms with E-state index < -0.39 is 67.8 Å². The van der Waals surface area contributed by atoms with Crippen LogP contribution in [0.4, 0.5) is 17.6 Å². The van der Waals surface area contributed by atoms with Gasteiger partial charge in [0.25, 0.3) is 24.0 Å². The van der Waals surface area contributed by atoms with E-state index in [0.717, 1.165) is 12.1 Å². The Morgan fingerprint density at radius 2 is 1.81 bits per heavy atom. The van der Waals surface area contributed by atoms with Crippen molar-refractivity contribution in [2.75, 3.05) is 0 Å². The molecule has 2 aromatic heterocycles. The first-order valence-corrected chi connectivity index (χ1v) is 11.5. The van der Waals surface area contributed by atoms with Crippen LogP contribution in [0.1, 0.15) is 35.4 Å². The summed E-state index contributed by atoms with van der Waals surface area (Å²) in [6, 6.07) is 5.86. The lowest BCUT2D eigenvalue weighted by Crippen LogP contribution is -2.32. The van der Waals surface area contributed by atoms with Crippen LogP contribution in [0.25, 0.3) is 0 Å². The third-order valence-corrected chi connectivity index (χ3v) is 5.10. The van der Waals surface area contributed by atoms with Gasteiger partial charge in [-0.15, -0.1) is 0 Å². The highest BCUT2D eigenvalue weighted by Crippen LogP contribution is 2.36. The van der Waals surface area contributed by atoms with E-state index in [9.17, 15) is 31.7 Å². The second kappa shape index (κ2) is 11.2. The van der Waals surface area contributed by atoms with Crippen molar-refractivity contribution >= 4 is 19.4 Å². The lowest BCUT2D eigenvalue weighted by atomic mass is 10.2. The molecule has 18 heteroatoms. The average molecular weight is 566 g/mol. The lowest BCUT2D eigenvalue weighted by Gasteiger charge is -2.14. The number of rotatable bonds is 9. The van der Waals surface area contributed by atoms with Gasteiger partial charge in [0.2, 0.25) is 5.75 Å². The first kappa shape index (κ1) is 28.0. The Balaban J connectivity index is 2.09. The number of aromatic nitrogens is 4. The monoisotopic (exact) mass is 565 g/mol. The molecule has 12 nitrogen and oxygen atoms in total. The molecule has 2 heterocycles. The van der Waals surface area contributed by atoms with Gasteiger partial charge >= 0.3 is 7.82 Å². The van der Waals surface area contributed by atoms with Crippen molar-refractivity contribution in [3.05, 3.63) is 78.8 Å². The maximum atomic E-state index is 13.5. The minimum absolute atomic E-state index is 0.00810. The van der Waals surface area contributed by atoms with Gasteiger partial charge in [0.15, 0.2) is 12.4 Å². The molecular formula is C19H13ClF4N5O7P. The smallest absolute Gasteiger partial charge is 0.449 e. The third kappa shape index (κ3) is 7.00. The van der Waals surface area contributed by atoms with Gasteiger partial charge in [-0.3, -0.25) is 18.7 Å². The lowest BCUT2D eigenvalue weighted by molar-refractivity contribution is 0.125. The van der Waals surface area contributed by atoms with Crippen molar-refractivity contribution in [1.29, 1.82) is 5.26 Å². The van der Waals surface area contributed by atoms with Crippen LogP contribution in [0.5, 0.6) is 11.5 Å². The van der Waals surface area contributed by atoms with Crippen molar-refractivity contribution in [2.24, 2.45) is 0 Å². The van der Waals surface area contributed by atoms with Gasteiger partial charge in [-0.25, -0.2) is 31.8 Å². The normalized spacial score (nSPS) is 11.7. The van der Waals surface area contributed by atoms with Crippen LogP contribution in [-0.2, 0) is 22.4 Å². The molecular weight excluding hydrogens is 553 g/mol. The summed E-state index contributed by atoms with van der Waals surface area (Å²) in [6.07, 6.45) is -5.92. The minimum atomic E-state index is -5.11. The molecule has 3 rings (SSSR count). The standard InChI is InChI=1S/C19H13ClF4N5O7P/c20-11-1-9(5-25)2-12(4-11)36-15-14(17(23)24)26-7-28(19(15)31)6-10-3-13(16(21)22)27-29(18(10)30)8-35-37(32,33)34/h1-4,7,16-17H,6,8H2,(H2,32,33,34). The molecule has 0 spiro atoms. The molecule has 3 aromatic rings. The molecule has 0 aliphatic carbocycles. The highest BCUT2D eigenvalue weighted by atomic mass is 35.5. The average Bonchev–Trinajstić information content (AvgIpc) is 2.80. The SMILES string of the molecule is N#Cc1cc(Cl)cc(Oc2c(C(F)F)ncn(Cc3cc(C(F)F)nn(COP(=O)(O)O)c3=O)c2=O)c1. The topological polar surface area (TPSA) is 170 Å². The Morgan fingerprint density at radius 1 is 1.11 bits per heavy atom. The molecule has 1 aromatic carbocycles. The Labute approximate surface area is 208 Å². The number of halogens is 5. The van der Waals surface area contributed by atoms with E-state index >= 15 is 0 Å². The summed E-state index contributed by atoms with van der Waals surface area (Å²) in [7, 11) is -5.11. The summed E-state index contributed by atoms with van der Waals surface area (Å²) >= 11 is 5.86. The van der Waals surface area contributed by atoms with Crippen LogP contribution in [0.15, 0.2) is 40.2 Å². The van der Waals surface area contributed by atoms with Crippen molar-refractivity contribution in [2.45, 2.75) is 26.1 Å². The van der Waals surface area contributed by atoms with E-state index in [1.165, 1.54) is 6.07 Å². The van der Waals surface area contributed by atoms with Gasteiger partial charge in [0.05, 0.1) is 24.5 Å². The van der Waals surface area contributed by atoms with E-state index in [2.05, 4.69) is 14.6 Å². The second-order valence-electron chi connectivity index (χ2n) is 7.03. The van der Waals surface area contributed by atoms with Crippen molar-refractivity contribution < 1.29 is 41.2 Å². The molecule has 0 aliphatic rings. The summed E-state index contributed by atoms with van der Waals surface area (Å²) in [5, 5.41) is 12.3. The Kier molecular flexibility index (Phi) is 8.46. The van der Waals surface area contributed by atoms with E-state index in [0.29, 0.717) is 17.0 Å². The molecule has 0 radical (unpaired) electrons. The highest BCUT2D eigenvalue weighted by Gasteiger charge is 2.24. The number of nitrogens with zero attached hydrogens (tertiary/aromatic N) is 5. The molecule has 0 bridgehead atoms. The molecule has 0 saturated heterocycles. The van der Waals surface area contributed by atoms with Crippen molar-refractivity contribution in [1.82, 2.24) is 19.3 Å². The molecule has 2 N–H and O–H groups in total.